The van der Waals surface area contributed by atoms with Crippen molar-refractivity contribution in [2.45, 2.75) is 44.6 Å². The summed E-state index contributed by atoms with van der Waals surface area (Å²) >= 11 is 1.30. The minimum absolute atomic E-state index is 0.115. The van der Waals surface area contributed by atoms with E-state index >= 15 is 0 Å². The number of amides is 1. The van der Waals surface area contributed by atoms with E-state index in [0.717, 1.165) is 5.56 Å². The Morgan fingerprint density at radius 3 is 2.79 bits per heavy atom. The monoisotopic (exact) mass is 492 g/mol. The summed E-state index contributed by atoms with van der Waals surface area (Å²) in [7, 11) is -3.78. The fourth-order valence-corrected chi connectivity index (χ4v) is 6.79. The van der Waals surface area contributed by atoms with Gasteiger partial charge in [0.15, 0.2) is 0 Å². The maximum Gasteiger partial charge on any atom is 0.244 e. The lowest BCUT2D eigenvalue weighted by atomic mass is 9.99. The van der Waals surface area contributed by atoms with Crippen LogP contribution in [0.4, 0.5) is 4.39 Å². The van der Waals surface area contributed by atoms with Crippen LogP contribution >= 0.6 is 11.3 Å². The largest absolute Gasteiger partial charge is 0.352 e. The smallest absolute Gasteiger partial charge is 0.244 e. The van der Waals surface area contributed by atoms with Gasteiger partial charge in [-0.2, -0.15) is 9.29 Å². The molecule has 8 nitrogen and oxygen atoms in total. The number of carbonyl (C=O) groups is 1. The summed E-state index contributed by atoms with van der Waals surface area (Å²) in [6, 6.07) is 7.48. The van der Waals surface area contributed by atoms with Gasteiger partial charge >= 0.3 is 0 Å². The van der Waals surface area contributed by atoms with Crippen LogP contribution < -0.4 is 5.32 Å². The Bertz CT molecular complexity index is 1240. The van der Waals surface area contributed by atoms with E-state index in [4.69, 9.17) is 4.52 Å². The average molecular weight is 493 g/mol. The zero-order chi connectivity index (χ0) is 23.6. The molecule has 4 rings (SSSR count). The molecular weight excluding hydrogens is 467 g/mol. The van der Waals surface area contributed by atoms with Gasteiger partial charge in [0.05, 0.1) is 15.7 Å². The van der Waals surface area contributed by atoms with E-state index in [1.165, 1.54) is 27.8 Å². The molecule has 1 unspecified atom stereocenters. The van der Waals surface area contributed by atoms with Crippen molar-refractivity contribution < 1.29 is 22.1 Å². The van der Waals surface area contributed by atoms with E-state index < -0.39 is 15.9 Å². The fraction of sp³-hybridized carbons (Fsp3) is 0.409. The Morgan fingerprint density at radius 1 is 1.33 bits per heavy atom. The zero-order valence-corrected chi connectivity index (χ0v) is 20.0. The van der Waals surface area contributed by atoms with E-state index in [9.17, 15) is 17.6 Å². The Morgan fingerprint density at radius 2 is 2.09 bits per heavy atom. The first-order valence-corrected chi connectivity index (χ1v) is 13.0. The number of benzene rings is 1. The molecule has 1 saturated heterocycles. The lowest BCUT2D eigenvalue weighted by Gasteiger charge is -2.31. The highest BCUT2D eigenvalue weighted by Crippen LogP contribution is 2.35. The molecule has 0 aliphatic carbocycles. The third-order valence-corrected chi connectivity index (χ3v) is 8.78. The van der Waals surface area contributed by atoms with Crippen LogP contribution in [0.3, 0.4) is 0 Å². The van der Waals surface area contributed by atoms with Crippen LogP contribution in [-0.2, 0) is 27.8 Å². The summed E-state index contributed by atoms with van der Waals surface area (Å²) in [5, 5.41) is 6.77. The van der Waals surface area contributed by atoms with Gasteiger partial charge in [-0.1, -0.05) is 24.2 Å². The predicted octanol–water partition coefficient (Wildman–Crippen LogP) is 3.53. The molecule has 0 bridgehead atoms. The number of rotatable bonds is 7. The molecule has 0 spiro atoms. The predicted molar refractivity (Wildman–Crippen MR) is 121 cm³/mol. The normalized spacial score (nSPS) is 17.2. The molecular formula is C22H25FN4O4S2. The van der Waals surface area contributed by atoms with Crippen molar-refractivity contribution in [3.63, 3.8) is 0 Å². The van der Waals surface area contributed by atoms with Gasteiger partial charge < -0.3 is 9.84 Å². The quantitative estimate of drug-likeness (QED) is 0.541. The summed E-state index contributed by atoms with van der Waals surface area (Å²) < 4.78 is 46.4. The molecule has 176 valence electrons. The van der Waals surface area contributed by atoms with Crippen LogP contribution in [0.25, 0.3) is 10.7 Å². The molecule has 11 heteroatoms. The number of hydrogen-bond acceptors (Lipinski definition) is 7. The van der Waals surface area contributed by atoms with Gasteiger partial charge in [0.2, 0.25) is 27.6 Å². The molecule has 1 N–H and O–H groups in total. The van der Waals surface area contributed by atoms with Gasteiger partial charge in [0.25, 0.3) is 0 Å². The number of hydrogen-bond donors (Lipinski definition) is 1. The molecule has 1 aromatic carbocycles. The number of nitrogens with zero attached hydrogens (tertiary/aromatic N) is 3. The molecule has 3 aromatic rings. The fourth-order valence-electron chi connectivity index (χ4n) is 3.78. The second-order valence-corrected chi connectivity index (χ2v) is 11.1. The minimum Gasteiger partial charge on any atom is -0.352 e. The average Bonchev–Trinajstić information content (AvgIpc) is 3.45. The van der Waals surface area contributed by atoms with Gasteiger partial charge in [-0.05, 0) is 43.5 Å². The number of aromatic nitrogens is 2. The van der Waals surface area contributed by atoms with Crippen molar-refractivity contribution in [2.24, 2.45) is 5.92 Å². The first-order chi connectivity index (χ1) is 15.8. The number of aryl methyl sites for hydroxylation is 2. The maximum atomic E-state index is 13.4. The van der Waals surface area contributed by atoms with Gasteiger partial charge in [-0.3, -0.25) is 4.79 Å². The van der Waals surface area contributed by atoms with Crippen LogP contribution in [0.5, 0.6) is 0 Å². The molecule has 1 atom stereocenters. The molecule has 1 aliphatic rings. The molecule has 33 heavy (non-hydrogen) atoms. The molecule has 1 amide bonds. The third kappa shape index (κ3) is 5.15. The maximum absolute atomic E-state index is 13.4. The Balaban J connectivity index is 1.45. The minimum atomic E-state index is -3.78. The number of carbonyl (C=O) groups excluding carboxylic acids is 1. The van der Waals surface area contributed by atoms with Crippen LogP contribution in [0.2, 0.25) is 0 Å². The molecule has 0 saturated carbocycles. The van der Waals surface area contributed by atoms with Gasteiger partial charge in [0, 0.05) is 30.9 Å². The SMILES string of the molecule is CCc1nc(-c2cc(S(=O)(=O)N3CCCC(C(=O)NCc4ccc(F)cc4)C3)c(C)s2)no1. The van der Waals surface area contributed by atoms with Crippen molar-refractivity contribution in [3.05, 3.63) is 52.5 Å². The first kappa shape index (κ1) is 23.5. The van der Waals surface area contributed by atoms with Crippen LogP contribution in [0, 0.1) is 18.7 Å². The van der Waals surface area contributed by atoms with E-state index in [-0.39, 0.29) is 29.7 Å². The second-order valence-electron chi connectivity index (χ2n) is 7.94. The van der Waals surface area contributed by atoms with E-state index in [0.29, 0.717) is 47.3 Å². The molecule has 2 aromatic heterocycles. The standard InChI is InChI=1S/C22H25FN4O4S2/c1-3-20-25-21(26-31-20)18-11-19(14(2)32-18)33(29,30)27-10-4-5-16(13-27)22(28)24-12-15-6-8-17(23)9-7-15/h6-9,11,16H,3-5,10,12-13H2,1-2H3,(H,24,28). The highest BCUT2D eigenvalue weighted by atomic mass is 32.2. The molecule has 3 heterocycles. The highest BCUT2D eigenvalue weighted by molar-refractivity contribution is 7.89. The lowest BCUT2D eigenvalue weighted by Crippen LogP contribution is -2.45. The first-order valence-electron chi connectivity index (χ1n) is 10.7. The zero-order valence-electron chi connectivity index (χ0n) is 18.4. The highest BCUT2D eigenvalue weighted by Gasteiger charge is 2.35. The number of halogens is 1. The van der Waals surface area contributed by atoms with Gasteiger partial charge in [-0.15, -0.1) is 11.3 Å². The van der Waals surface area contributed by atoms with E-state index in [1.54, 1.807) is 25.1 Å². The van der Waals surface area contributed by atoms with Crippen molar-refractivity contribution >= 4 is 27.3 Å². The third-order valence-electron chi connectivity index (χ3n) is 5.62. The van der Waals surface area contributed by atoms with Crippen LogP contribution in [-0.4, -0.2) is 41.9 Å². The topological polar surface area (TPSA) is 105 Å². The summed E-state index contributed by atoms with van der Waals surface area (Å²) in [5.74, 6) is -0.128. The van der Waals surface area contributed by atoms with E-state index in [1.807, 2.05) is 6.92 Å². The Kier molecular flexibility index (Phi) is 6.91. The van der Waals surface area contributed by atoms with E-state index in [2.05, 4.69) is 15.5 Å². The summed E-state index contributed by atoms with van der Waals surface area (Å²) in [5.41, 5.74) is 0.777. The Hall–Kier alpha value is -2.63. The number of sulfonamides is 1. The summed E-state index contributed by atoms with van der Waals surface area (Å²) in [6.45, 7) is 4.38. The molecule has 1 fully saturated rings. The van der Waals surface area contributed by atoms with Crippen molar-refractivity contribution in [1.29, 1.82) is 0 Å². The van der Waals surface area contributed by atoms with Crippen molar-refractivity contribution in [3.8, 4) is 10.7 Å². The number of piperidine rings is 1. The van der Waals surface area contributed by atoms with Gasteiger partial charge in [0.1, 0.15) is 5.82 Å². The molecule has 0 radical (unpaired) electrons. The number of thiophene rings is 1. The summed E-state index contributed by atoms with van der Waals surface area (Å²) in [4.78, 5) is 18.5. The Labute approximate surface area is 195 Å². The number of nitrogens with one attached hydrogen (secondary N) is 1. The molecule has 1 aliphatic heterocycles. The van der Waals surface area contributed by atoms with Crippen molar-refractivity contribution in [2.75, 3.05) is 13.1 Å². The van der Waals surface area contributed by atoms with Crippen LogP contribution in [0.15, 0.2) is 39.8 Å². The van der Waals surface area contributed by atoms with Crippen molar-refractivity contribution in [1.82, 2.24) is 19.8 Å². The summed E-state index contributed by atoms with van der Waals surface area (Å²) in [6.07, 6.45) is 1.80. The van der Waals surface area contributed by atoms with Crippen LogP contribution in [0.1, 0.15) is 36.1 Å². The second kappa shape index (κ2) is 9.70. The lowest BCUT2D eigenvalue weighted by molar-refractivity contribution is -0.126. The van der Waals surface area contributed by atoms with Gasteiger partial charge in [-0.25, -0.2) is 12.8 Å².